The molecule has 2 heteroatoms. The van der Waals surface area contributed by atoms with Gasteiger partial charge in [-0.3, -0.25) is 4.79 Å². The van der Waals surface area contributed by atoms with Crippen molar-refractivity contribution in [2.24, 2.45) is 5.73 Å². The van der Waals surface area contributed by atoms with E-state index in [4.69, 9.17) is 5.73 Å². The van der Waals surface area contributed by atoms with E-state index in [0.29, 0.717) is 6.42 Å². The SMILES string of the molecule is NC1Cc2ccc3ccccc3c2C(CCc2ccccc2)C1=O. The topological polar surface area (TPSA) is 43.1 Å². The first-order valence-corrected chi connectivity index (χ1v) is 8.58. The molecule has 3 aromatic rings. The van der Waals surface area contributed by atoms with Gasteiger partial charge in [0.05, 0.1) is 6.04 Å². The Balaban J connectivity index is 1.76. The maximum atomic E-state index is 12.8. The fraction of sp³-hybridized carbons (Fsp3) is 0.227. The maximum absolute atomic E-state index is 12.8. The minimum atomic E-state index is -0.376. The number of fused-ring (bicyclic) bond motifs is 3. The van der Waals surface area contributed by atoms with Crippen LogP contribution in [0.15, 0.2) is 66.7 Å². The molecular weight excluding hydrogens is 294 g/mol. The van der Waals surface area contributed by atoms with Crippen molar-refractivity contribution in [1.29, 1.82) is 0 Å². The van der Waals surface area contributed by atoms with Crippen LogP contribution in [-0.2, 0) is 17.6 Å². The first-order valence-electron chi connectivity index (χ1n) is 8.58. The third-order valence-corrected chi connectivity index (χ3v) is 5.12. The van der Waals surface area contributed by atoms with Crippen LogP contribution in [0.4, 0.5) is 0 Å². The average molecular weight is 315 g/mol. The summed E-state index contributed by atoms with van der Waals surface area (Å²) in [5, 5.41) is 2.40. The standard InChI is InChI=1S/C22H21NO/c23-20-14-17-12-11-16-8-4-5-9-18(16)21(17)19(22(20)24)13-10-15-6-2-1-3-7-15/h1-9,11-12,19-20H,10,13-14,23H2. The number of Topliss-reactive ketones (excluding diaryl/α,β-unsaturated/α-hetero) is 1. The van der Waals surface area contributed by atoms with Gasteiger partial charge in [-0.1, -0.05) is 66.7 Å². The minimum Gasteiger partial charge on any atom is -0.321 e. The van der Waals surface area contributed by atoms with Gasteiger partial charge in [0.1, 0.15) is 0 Å². The molecule has 2 unspecified atom stereocenters. The Labute approximate surface area is 142 Å². The first-order chi connectivity index (χ1) is 11.7. The smallest absolute Gasteiger partial charge is 0.157 e. The third kappa shape index (κ3) is 2.63. The van der Waals surface area contributed by atoms with Crippen molar-refractivity contribution >= 4 is 16.6 Å². The summed E-state index contributed by atoms with van der Waals surface area (Å²) in [6.45, 7) is 0. The van der Waals surface area contributed by atoms with E-state index in [1.165, 1.54) is 27.5 Å². The Bertz CT molecular complexity index is 885. The van der Waals surface area contributed by atoms with Crippen molar-refractivity contribution in [3.63, 3.8) is 0 Å². The Morgan fingerprint density at radius 2 is 1.67 bits per heavy atom. The molecule has 0 aromatic heterocycles. The van der Waals surface area contributed by atoms with E-state index < -0.39 is 0 Å². The molecule has 120 valence electrons. The number of aryl methyl sites for hydroxylation is 1. The van der Waals surface area contributed by atoms with E-state index in [2.05, 4.69) is 42.5 Å². The molecule has 0 amide bonds. The van der Waals surface area contributed by atoms with Crippen molar-refractivity contribution in [2.45, 2.75) is 31.2 Å². The number of nitrogens with two attached hydrogens (primary N) is 1. The number of hydrogen-bond acceptors (Lipinski definition) is 2. The number of hydrogen-bond donors (Lipinski definition) is 1. The van der Waals surface area contributed by atoms with Gasteiger partial charge in [0.15, 0.2) is 5.78 Å². The second-order valence-electron chi connectivity index (χ2n) is 6.65. The van der Waals surface area contributed by atoms with E-state index in [9.17, 15) is 4.79 Å². The minimum absolute atomic E-state index is 0.102. The van der Waals surface area contributed by atoms with Crippen molar-refractivity contribution in [1.82, 2.24) is 0 Å². The number of rotatable bonds is 3. The van der Waals surface area contributed by atoms with Gasteiger partial charge in [-0.05, 0) is 46.7 Å². The highest BCUT2D eigenvalue weighted by Crippen LogP contribution is 2.37. The number of ketones is 1. The first kappa shape index (κ1) is 15.1. The van der Waals surface area contributed by atoms with Crippen LogP contribution >= 0.6 is 0 Å². The van der Waals surface area contributed by atoms with Gasteiger partial charge in [-0.25, -0.2) is 0 Å². The summed E-state index contributed by atoms with van der Waals surface area (Å²) in [6.07, 6.45) is 2.37. The molecule has 0 fully saturated rings. The zero-order valence-electron chi connectivity index (χ0n) is 13.6. The lowest BCUT2D eigenvalue weighted by Crippen LogP contribution is -2.41. The third-order valence-electron chi connectivity index (χ3n) is 5.12. The van der Waals surface area contributed by atoms with E-state index in [1.54, 1.807) is 0 Å². The summed E-state index contributed by atoms with van der Waals surface area (Å²) < 4.78 is 0. The highest BCUT2D eigenvalue weighted by molar-refractivity contribution is 5.99. The second kappa shape index (κ2) is 6.21. The molecule has 3 aromatic carbocycles. The normalized spacial score (nSPS) is 20.1. The van der Waals surface area contributed by atoms with Gasteiger partial charge < -0.3 is 5.73 Å². The molecule has 2 nitrogen and oxygen atoms in total. The molecule has 0 heterocycles. The molecule has 2 N–H and O–H groups in total. The maximum Gasteiger partial charge on any atom is 0.157 e. The lowest BCUT2D eigenvalue weighted by molar-refractivity contribution is -0.122. The Hall–Kier alpha value is -2.45. The van der Waals surface area contributed by atoms with Crippen molar-refractivity contribution in [2.75, 3.05) is 0 Å². The summed E-state index contributed by atoms with van der Waals surface area (Å²) >= 11 is 0. The second-order valence-corrected chi connectivity index (χ2v) is 6.65. The van der Waals surface area contributed by atoms with Crippen LogP contribution in [0.5, 0.6) is 0 Å². The number of benzene rings is 3. The Morgan fingerprint density at radius 3 is 2.50 bits per heavy atom. The van der Waals surface area contributed by atoms with Gasteiger partial charge >= 0.3 is 0 Å². The van der Waals surface area contributed by atoms with E-state index in [-0.39, 0.29) is 17.7 Å². The fourth-order valence-electron chi connectivity index (χ4n) is 3.91. The molecule has 4 rings (SSSR count). The lowest BCUT2D eigenvalue weighted by atomic mass is 9.75. The van der Waals surface area contributed by atoms with Crippen LogP contribution in [0.25, 0.3) is 10.8 Å². The van der Waals surface area contributed by atoms with Crippen LogP contribution in [0.1, 0.15) is 29.0 Å². The molecule has 2 atom stereocenters. The zero-order valence-corrected chi connectivity index (χ0v) is 13.6. The van der Waals surface area contributed by atoms with Gasteiger partial charge in [-0.2, -0.15) is 0 Å². The van der Waals surface area contributed by atoms with Gasteiger partial charge in [0, 0.05) is 5.92 Å². The van der Waals surface area contributed by atoms with Gasteiger partial charge in [0.25, 0.3) is 0 Å². The number of carbonyl (C=O) groups excluding carboxylic acids is 1. The highest BCUT2D eigenvalue weighted by Gasteiger charge is 2.33. The van der Waals surface area contributed by atoms with Crippen LogP contribution < -0.4 is 5.73 Å². The molecule has 0 saturated carbocycles. The molecule has 0 saturated heterocycles. The fourth-order valence-corrected chi connectivity index (χ4v) is 3.91. The van der Waals surface area contributed by atoms with E-state index in [1.807, 2.05) is 24.3 Å². The largest absolute Gasteiger partial charge is 0.321 e. The van der Waals surface area contributed by atoms with Crippen LogP contribution in [0.3, 0.4) is 0 Å². The molecule has 0 radical (unpaired) electrons. The van der Waals surface area contributed by atoms with Crippen LogP contribution in [-0.4, -0.2) is 11.8 Å². The summed E-state index contributed by atoms with van der Waals surface area (Å²) in [6, 6.07) is 22.6. The average Bonchev–Trinajstić information content (AvgIpc) is 2.63. The Morgan fingerprint density at radius 1 is 0.917 bits per heavy atom. The van der Waals surface area contributed by atoms with Crippen molar-refractivity contribution in [3.05, 3.63) is 83.4 Å². The molecule has 0 aliphatic heterocycles. The molecule has 24 heavy (non-hydrogen) atoms. The summed E-state index contributed by atoms with van der Waals surface area (Å²) in [5.41, 5.74) is 9.86. The molecule has 0 bridgehead atoms. The predicted octanol–water partition coefficient (Wildman–Crippen LogP) is 4.01. The molecule has 0 spiro atoms. The van der Waals surface area contributed by atoms with Gasteiger partial charge in [0.2, 0.25) is 0 Å². The highest BCUT2D eigenvalue weighted by atomic mass is 16.1. The van der Waals surface area contributed by atoms with Crippen LogP contribution in [0, 0.1) is 0 Å². The zero-order chi connectivity index (χ0) is 16.5. The van der Waals surface area contributed by atoms with Crippen molar-refractivity contribution < 1.29 is 4.79 Å². The molecular formula is C22H21NO. The van der Waals surface area contributed by atoms with Crippen molar-refractivity contribution in [3.8, 4) is 0 Å². The van der Waals surface area contributed by atoms with E-state index >= 15 is 0 Å². The summed E-state index contributed by atoms with van der Waals surface area (Å²) in [5.74, 6) is 0.0878. The summed E-state index contributed by atoms with van der Waals surface area (Å²) in [4.78, 5) is 12.8. The quantitative estimate of drug-likeness (QED) is 0.793. The summed E-state index contributed by atoms with van der Waals surface area (Å²) in [7, 11) is 0. The molecule has 1 aliphatic rings. The van der Waals surface area contributed by atoms with Crippen LogP contribution in [0.2, 0.25) is 0 Å². The lowest BCUT2D eigenvalue weighted by Gasteiger charge is -2.30. The monoisotopic (exact) mass is 315 g/mol. The molecule has 1 aliphatic carbocycles. The predicted molar refractivity (Wildman–Crippen MR) is 98.1 cm³/mol. The Kier molecular flexibility index (Phi) is 3.91. The van der Waals surface area contributed by atoms with Gasteiger partial charge in [-0.15, -0.1) is 0 Å². The van der Waals surface area contributed by atoms with E-state index in [0.717, 1.165) is 12.8 Å². The number of carbonyl (C=O) groups is 1.